The normalized spacial score (nSPS) is 10.1. The minimum Gasteiger partial charge on any atom is -0.507 e. The van der Waals surface area contributed by atoms with Gasteiger partial charge in [-0.3, -0.25) is 9.59 Å². The van der Waals surface area contributed by atoms with Crippen molar-refractivity contribution in [1.82, 2.24) is 0 Å². The van der Waals surface area contributed by atoms with E-state index in [1.165, 1.54) is 0 Å². The van der Waals surface area contributed by atoms with Gasteiger partial charge in [0, 0.05) is 70.1 Å². The first-order chi connectivity index (χ1) is 17.4. The summed E-state index contributed by atoms with van der Waals surface area (Å²) in [5.74, 6) is 0.140. The zero-order valence-electron chi connectivity index (χ0n) is 23.0. The molecule has 0 unspecified atom stereocenters. The van der Waals surface area contributed by atoms with E-state index in [-0.39, 0.29) is 31.9 Å². The third kappa shape index (κ3) is 12.6. The molecule has 0 bridgehead atoms. The molecule has 0 aromatic heterocycles. The van der Waals surface area contributed by atoms with Crippen LogP contribution in [0.3, 0.4) is 0 Å². The number of aromatic hydroxyl groups is 2. The number of rotatable bonds is 16. The number of hydrogen-bond acceptors (Lipinski definition) is 6. The standard InChI is InChI=1S/2C15H23NO2.Pd/c2*1-3-5-9-16(10-6-4-2)14-8-7-13(12-17)15(18)11-14;/h2*7-8,11-12,18H,3-6,9-10H2,1-2H3;. The number of aldehydes is 2. The van der Waals surface area contributed by atoms with Crippen LogP contribution in [0, 0.1) is 0 Å². The maximum atomic E-state index is 10.7. The molecular weight excluding hydrogens is 559 g/mol. The first-order valence-corrected chi connectivity index (χ1v) is 13.5. The Morgan fingerprint density at radius 2 is 0.892 bits per heavy atom. The fraction of sp³-hybridized carbons (Fsp3) is 0.533. The van der Waals surface area contributed by atoms with Crippen LogP contribution in [0.1, 0.15) is 99.8 Å². The molecule has 0 aliphatic rings. The van der Waals surface area contributed by atoms with E-state index < -0.39 is 0 Å². The molecule has 2 aromatic rings. The van der Waals surface area contributed by atoms with Crippen molar-refractivity contribution in [2.45, 2.75) is 79.1 Å². The minimum atomic E-state index is 0. The third-order valence-electron chi connectivity index (χ3n) is 6.14. The van der Waals surface area contributed by atoms with Gasteiger partial charge in [0.15, 0.2) is 12.6 Å². The van der Waals surface area contributed by atoms with E-state index in [0.717, 1.165) is 88.9 Å². The van der Waals surface area contributed by atoms with Crippen LogP contribution >= 0.6 is 0 Å². The Labute approximate surface area is 237 Å². The third-order valence-corrected chi connectivity index (χ3v) is 6.14. The number of anilines is 2. The molecule has 0 aliphatic carbocycles. The average molecular weight is 605 g/mol. The molecule has 2 N–H and O–H groups in total. The molecule has 0 spiro atoms. The summed E-state index contributed by atoms with van der Waals surface area (Å²) in [4.78, 5) is 25.9. The van der Waals surface area contributed by atoms with Gasteiger partial charge in [-0.1, -0.05) is 53.4 Å². The summed E-state index contributed by atoms with van der Waals surface area (Å²) in [6, 6.07) is 10.6. The molecule has 0 aliphatic heterocycles. The van der Waals surface area contributed by atoms with E-state index in [1.807, 2.05) is 12.1 Å². The summed E-state index contributed by atoms with van der Waals surface area (Å²) >= 11 is 0. The van der Waals surface area contributed by atoms with Gasteiger partial charge in [0.25, 0.3) is 0 Å². The van der Waals surface area contributed by atoms with Crippen LogP contribution in [0.2, 0.25) is 0 Å². The van der Waals surface area contributed by atoms with Gasteiger partial charge in [-0.25, -0.2) is 0 Å². The minimum absolute atomic E-state index is 0. The molecule has 210 valence electrons. The summed E-state index contributed by atoms with van der Waals surface area (Å²) in [5, 5.41) is 19.5. The number of carbonyl (C=O) groups is 2. The van der Waals surface area contributed by atoms with E-state index in [2.05, 4.69) is 37.5 Å². The Morgan fingerprint density at radius 1 is 0.595 bits per heavy atom. The van der Waals surface area contributed by atoms with E-state index in [1.54, 1.807) is 24.3 Å². The van der Waals surface area contributed by atoms with Crippen molar-refractivity contribution in [3.8, 4) is 11.5 Å². The Balaban J connectivity index is 0.000000682. The van der Waals surface area contributed by atoms with Crippen LogP contribution in [0.5, 0.6) is 11.5 Å². The first kappa shape index (κ1) is 34.6. The number of carbonyl (C=O) groups excluding carboxylic acids is 2. The molecule has 0 heterocycles. The number of phenolic OH excluding ortho intramolecular Hbond substituents is 2. The van der Waals surface area contributed by atoms with Gasteiger partial charge in [-0.05, 0) is 49.9 Å². The van der Waals surface area contributed by atoms with E-state index in [4.69, 9.17) is 0 Å². The predicted octanol–water partition coefficient (Wildman–Crippen LogP) is 7.22. The maximum Gasteiger partial charge on any atom is 0.153 e. The van der Waals surface area contributed by atoms with Crippen molar-refractivity contribution in [2.24, 2.45) is 0 Å². The summed E-state index contributed by atoms with van der Waals surface area (Å²) in [7, 11) is 0. The maximum absolute atomic E-state index is 10.7. The van der Waals surface area contributed by atoms with Crippen LogP contribution in [0.15, 0.2) is 36.4 Å². The first-order valence-electron chi connectivity index (χ1n) is 13.5. The summed E-state index contributed by atoms with van der Waals surface area (Å²) in [6.45, 7) is 12.7. The monoisotopic (exact) mass is 604 g/mol. The van der Waals surface area contributed by atoms with Gasteiger partial charge in [0.2, 0.25) is 0 Å². The van der Waals surface area contributed by atoms with Crippen molar-refractivity contribution in [3.63, 3.8) is 0 Å². The quantitative estimate of drug-likeness (QED) is 0.156. The number of phenols is 2. The SMILES string of the molecule is CCCCN(CCCC)c1ccc(C=O)c(O)c1.CCCCN(CCCC)c1ccc(C=O)c(O)c1.[Pd]. The zero-order chi connectivity index (χ0) is 26.8. The fourth-order valence-electron chi connectivity index (χ4n) is 3.79. The van der Waals surface area contributed by atoms with E-state index >= 15 is 0 Å². The van der Waals surface area contributed by atoms with Crippen molar-refractivity contribution in [1.29, 1.82) is 0 Å². The Bertz CT molecular complexity index is 818. The van der Waals surface area contributed by atoms with Crippen LogP contribution in [-0.2, 0) is 20.4 Å². The smallest absolute Gasteiger partial charge is 0.153 e. The molecule has 0 fully saturated rings. The molecule has 2 rings (SSSR count). The molecule has 7 heteroatoms. The van der Waals surface area contributed by atoms with Gasteiger partial charge in [0.1, 0.15) is 11.5 Å². The van der Waals surface area contributed by atoms with Crippen LogP contribution in [0.4, 0.5) is 11.4 Å². The topological polar surface area (TPSA) is 81.1 Å². The summed E-state index contributed by atoms with van der Waals surface area (Å²) in [6.07, 6.45) is 10.5. The molecule has 0 saturated heterocycles. The van der Waals surface area contributed by atoms with Crippen LogP contribution in [-0.4, -0.2) is 49.0 Å². The zero-order valence-corrected chi connectivity index (χ0v) is 24.6. The molecule has 0 radical (unpaired) electrons. The van der Waals surface area contributed by atoms with Gasteiger partial charge in [0.05, 0.1) is 11.1 Å². The number of nitrogens with zero attached hydrogens (tertiary/aromatic N) is 2. The molecule has 6 nitrogen and oxygen atoms in total. The summed E-state index contributed by atoms with van der Waals surface area (Å²) in [5.41, 5.74) is 2.70. The van der Waals surface area contributed by atoms with Crippen molar-refractivity contribution >= 4 is 23.9 Å². The average Bonchev–Trinajstić information content (AvgIpc) is 2.89. The molecule has 37 heavy (non-hydrogen) atoms. The Hall–Kier alpha value is -2.36. The second kappa shape index (κ2) is 20.7. The Morgan fingerprint density at radius 3 is 1.11 bits per heavy atom. The van der Waals surface area contributed by atoms with E-state index in [0.29, 0.717) is 23.7 Å². The second-order valence-corrected chi connectivity index (χ2v) is 9.11. The van der Waals surface area contributed by atoms with Crippen LogP contribution < -0.4 is 9.80 Å². The van der Waals surface area contributed by atoms with Gasteiger partial charge >= 0.3 is 0 Å². The van der Waals surface area contributed by atoms with E-state index in [9.17, 15) is 19.8 Å². The van der Waals surface area contributed by atoms with Crippen molar-refractivity contribution < 1.29 is 40.2 Å². The van der Waals surface area contributed by atoms with Gasteiger partial charge in [-0.2, -0.15) is 0 Å². The number of benzene rings is 2. The second-order valence-electron chi connectivity index (χ2n) is 9.11. The van der Waals surface area contributed by atoms with Crippen molar-refractivity contribution in [3.05, 3.63) is 47.5 Å². The largest absolute Gasteiger partial charge is 0.507 e. The predicted molar refractivity (Wildman–Crippen MR) is 151 cm³/mol. The number of unbranched alkanes of at least 4 members (excludes halogenated alkanes) is 4. The van der Waals surface area contributed by atoms with Crippen LogP contribution in [0.25, 0.3) is 0 Å². The molecule has 0 saturated carbocycles. The molecular formula is C30H46N2O4Pd. The molecule has 0 amide bonds. The Kier molecular flexibility index (Phi) is 19.4. The van der Waals surface area contributed by atoms with Crippen molar-refractivity contribution in [2.75, 3.05) is 36.0 Å². The number of hydrogen-bond donors (Lipinski definition) is 2. The molecule has 0 atom stereocenters. The fourth-order valence-corrected chi connectivity index (χ4v) is 3.79. The van der Waals surface area contributed by atoms with Gasteiger partial charge in [-0.15, -0.1) is 0 Å². The summed E-state index contributed by atoms with van der Waals surface area (Å²) < 4.78 is 0. The van der Waals surface area contributed by atoms with Gasteiger partial charge < -0.3 is 20.0 Å². The molecule has 2 aromatic carbocycles.